The summed E-state index contributed by atoms with van der Waals surface area (Å²) in [6, 6.07) is 0.170. The van der Waals surface area contributed by atoms with Crippen molar-refractivity contribution in [2.24, 2.45) is 32.5 Å². The molecule has 0 aromatic heterocycles. The van der Waals surface area contributed by atoms with Crippen LogP contribution >= 0.6 is 0 Å². The second-order valence-electron chi connectivity index (χ2n) is 13.2. The van der Waals surface area contributed by atoms with Gasteiger partial charge in [0.25, 0.3) is 0 Å². The van der Waals surface area contributed by atoms with Gasteiger partial charge in [0.05, 0.1) is 6.61 Å². The van der Waals surface area contributed by atoms with E-state index in [1.807, 2.05) is 7.05 Å². The van der Waals surface area contributed by atoms with Crippen LogP contribution in [0, 0.1) is 32.5 Å². The number of rotatable bonds is 2. The molecule has 2 aliphatic heterocycles. The molecule has 4 aliphatic carbocycles. The van der Waals surface area contributed by atoms with Gasteiger partial charge in [-0.05, 0) is 85.1 Å². The van der Waals surface area contributed by atoms with Gasteiger partial charge in [-0.1, -0.05) is 62.8 Å². The van der Waals surface area contributed by atoms with Crippen LogP contribution < -0.4 is 0 Å². The van der Waals surface area contributed by atoms with Crippen molar-refractivity contribution in [3.05, 3.63) is 0 Å². The number of hydrogen-bond donors (Lipinski definition) is 2. The minimum Gasteiger partial charge on any atom is -0.480 e. The van der Waals surface area contributed by atoms with E-state index in [2.05, 4.69) is 44.5 Å². The van der Waals surface area contributed by atoms with E-state index in [9.17, 15) is 15.0 Å². The van der Waals surface area contributed by atoms with Crippen molar-refractivity contribution in [1.29, 1.82) is 0 Å². The third kappa shape index (κ3) is 2.93. The maximum absolute atomic E-state index is 11.2. The summed E-state index contributed by atoms with van der Waals surface area (Å²) in [7, 11) is 4.14. The number of nitrogens with zero attached hydrogens (tertiary/aromatic N) is 2. The van der Waals surface area contributed by atoms with E-state index in [0.29, 0.717) is 45.1 Å². The zero-order valence-corrected chi connectivity index (χ0v) is 20.6. The Labute approximate surface area is 210 Å². The fourth-order valence-corrected chi connectivity index (χ4v) is 10.1. The first-order valence-corrected chi connectivity index (χ1v) is 12.6. The lowest BCUT2D eigenvalue weighted by Crippen LogP contribution is -2.32. The molecule has 2 heterocycles. The maximum atomic E-state index is 11.2. The van der Waals surface area contributed by atoms with Crippen molar-refractivity contribution < 1.29 is 15.0 Å². The van der Waals surface area contributed by atoms with Crippen LogP contribution in [0.15, 0.2) is 0 Å². The molecule has 0 radical (unpaired) electrons. The van der Waals surface area contributed by atoms with Gasteiger partial charge in [-0.15, -0.1) is 0 Å². The van der Waals surface area contributed by atoms with Crippen molar-refractivity contribution in [3.8, 4) is 0 Å². The van der Waals surface area contributed by atoms with Gasteiger partial charge < -0.3 is 15.1 Å². The van der Waals surface area contributed by atoms with Crippen LogP contribution in [-0.4, -0.2) is 71.9 Å². The third-order valence-corrected chi connectivity index (χ3v) is 12.7. The smallest absolute Gasteiger partial charge is 0.320 e. The highest BCUT2D eigenvalue weighted by Crippen LogP contribution is 2.89. The number of carboxylic acid groups (broad SMARTS) is 1. The minimum absolute atomic E-state index is 0. The molecule has 5 nitrogen and oxygen atoms in total. The van der Waals surface area contributed by atoms with Crippen LogP contribution in [0.2, 0.25) is 0 Å². The number of carboxylic acids is 1. The number of aliphatic carboxylic acids is 1. The first-order valence-electron chi connectivity index (χ1n) is 12.6. The molecule has 0 unspecified atom stereocenters. The normalized spacial score (nSPS) is 40.8. The van der Waals surface area contributed by atoms with Gasteiger partial charge in [-0.3, -0.25) is 9.69 Å². The summed E-state index contributed by atoms with van der Waals surface area (Å²) in [4.78, 5) is 15.7. The number of fused-ring (bicyclic) bond motifs is 2. The Hall–Kier alpha value is -0.650. The highest BCUT2D eigenvalue weighted by atomic mass is 16.4. The monoisotopic (exact) mass is 480 g/mol. The molecule has 0 amide bonds. The van der Waals surface area contributed by atoms with Crippen LogP contribution in [0.1, 0.15) is 101 Å². The Morgan fingerprint density at radius 2 is 1.18 bits per heavy atom. The molecule has 5 heteroatoms. The highest BCUT2D eigenvalue weighted by molar-refractivity contribution is 5.74. The van der Waals surface area contributed by atoms with Gasteiger partial charge in [-0.2, -0.15) is 0 Å². The number of carbonyl (C=O) groups is 1. The number of likely N-dealkylation sites (tertiary alicyclic amines) is 2. The Morgan fingerprint density at radius 1 is 0.765 bits per heavy atom. The molecule has 4 spiro atoms. The van der Waals surface area contributed by atoms with E-state index < -0.39 is 5.97 Å². The van der Waals surface area contributed by atoms with E-state index in [1.165, 1.54) is 51.5 Å². The summed E-state index contributed by atoms with van der Waals surface area (Å²) in [5.74, 6) is -0.642. The Morgan fingerprint density at radius 3 is 1.44 bits per heavy atom. The van der Waals surface area contributed by atoms with E-state index in [4.69, 9.17) is 0 Å². The van der Waals surface area contributed by atoms with Gasteiger partial charge in [0.15, 0.2) is 0 Å². The average molecular weight is 481 g/mol. The van der Waals surface area contributed by atoms with Crippen molar-refractivity contribution in [1.82, 2.24) is 9.80 Å². The standard InChI is InChI=1S/C13H21NO2.C13H23NO.3CH4/c1-11(2)12(5-4-6-12)13(11)7-9(10(15)16)14(3)8-13;1-11(2)12(5-4-6-12)13(11)7-10(8-15)14(3)9-13;;;/h9H,4-8H2,1-3H3,(H,15,16);10,15H,4-9H2,1-3H3;3*1H4/t9-,13+;10-,13+;;;/m00.../s1. The molecule has 6 fully saturated rings. The molecule has 200 valence electrons. The number of likely N-dealkylation sites (N-methyl/N-ethyl adjacent to an activating group) is 2. The van der Waals surface area contributed by atoms with E-state index in [0.717, 1.165) is 13.0 Å². The van der Waals surface area contributed by atoms with Crippen LogP contribution in [0.4, 0.5) is 0 Å². The van der Waals surface area contributed by atoms with Gasteiger partial charge in [0.1, 0.15) is 6.04 Å². The lowest BCUT2D eigenvalue weighted by atomic mass is 9.73. The maximum Gasteiger partial charge on any atom is 0.320 e. The molecular formula is C29H56N2O3. The molecule has 6 rings (SSSR count). The average Bonchev–Trinajstić information content (AvgIpc) is 2.98. The Bertz CT molecular complexity index is 784. The summed E-state index contributed by atoms with van der Waals surface area (Å²) in [5, 5.41) is 18.6. The quantitative estimate of drug-likeness (QED) is 0.526. The van der Waals surface area contributed by atoms with E-state index >= 15 is 0 Å². The Balaban J connectivity index is 0.000000221. The van der Waals surface area contributed by atoms with Crippen LogP contribution in [0.25, 0.3) is 0 Å². The first kappa shape index (κ1) is 29.6. The predicted octanol–water partition coefficient (Wildman–Crippen LogP) is 5.76. The van der Waals surface area contributed by atoms with Gasteiger partial charge in [0, 0.05) is 19.1 Å². The third-order valence-electron chi connectivity index (χ3n) is 12.7. The molecule has 6 aliphatic rings. The largest absolute Gasteiger partial charge is 0.480 e. The van der Waals surface area contributed by atoms with Crippen molar-refractivity contribution >= 4 is 5.97 Å². The lowest BCUT2D eigenvalue weighted by molar-refractivity contribution is -0.141. The molecule has 0 aromatic rings. The molecule has 2 saturated heterocycles. The van der Waals surface area contributed by atoms with Gasteiger partial charge in [0.2, 0.25) is 0 Å². The zero-order chi connectivity index (χ0) is 22.7. The molecule has 4 saturated carbocycles. The lowest BCUT2D eigenvalue weighted by Gasteiger charge is -2.32. The summed E-state index contributed by atoms with van der Waals surface area (Å²) in [6.45, 7) is 12.2. The van der Waals surface area contributed by atoms with Gasteiger partial charge >= 0.3 is 5.97 Å². The van der Waals surface area contributed by atoms with Crippen LogP contribution in [0.5, 0.6) is 0 Å². The number of aliphatic hydroxyl groups is 1. The van der Waals surface area contributed by atoms with Gasteiger partial charge in [-0.25, -0.2) is 0 Å². The van der Waals surface area contributed by atoms with Crippen LogP contribution in [-0.2, 0) is 4.79 Å². The number of aliphatic hydroxyl groups excluding tert-OH is 1. The fourth-order valence-electron chi connectivity index (χ4n) is 10.1. The molecule has 0 aromatic carbocycles. The molecule has 2 N–H and O–H groups in total. The molecule has 0 bridgehead atoms. The topological polar surface area (TPSA) is 64.0 Å². The van der Waals surface area contributed by atoms with E-state index in [-0.39, 0.29) is 28.3 Å². The summed E-state index contributed by atoms with van der Waals surface area (Å²) < 4.78 is 0. The number of hydrogen-bond acceptors (Lipinski definition) is 4. The predicted molar refractivity (Wildman–Crippen MR) is 142 cm³/mol. The molecule has 34 heavy (non-hydrogen) atoms. The highest BCUT2D eigenvalue weighted by Gasteiger charge is 2.85. The fraction of sp³-hybridized carbons (Fsp3) is 0.966. The summed E-state index contributed by atoms with van der Waals surface area (Å²) in [5.41, 5.74) is 2.86. The van der Waals surface area contributed by atoms with Crippen molar-refractivity contribution in [3.63, 3.8) is 0 Å². The SMILES string of the molecule is C.C.C.CN1C[C@]2(C[C@H]1C(=O)O)C(C)(C)C21CCC1.CN1C[C@]2(C[C@H]1CO)C(C)(C)C21CCC1. The second-order valence-corrected chi connectivity index (χ2v) is 13.2. The minimum atomic E-state index is -0.642. The summed E-state index contributed by atoms with van der Waals surface area (Å²) >= 11 is 0. The van der Waals surface area contributed by atoms with E-state index in [1.54, 1.807) is 0 Å². The Kier molecular flexibility index (Phi) is 7.35. The summed E-state index contributed by atoms with van der Waals surface area (Å²) in [6.07, 6.45) is 10.4. The second kappa shape index (κ2) is 8.45. The molecule has 4 atom stereocenters. The van der Waals surface area contributed by atoms with Crippen molar-refractivity contribution in [2.45, 2.75) is 113 Å². The zero-order valence-electron chi connectivity index (χ0n) is 20.6. The van der Waals surface area contributed by atoms with Crippen molar-refractivity contribution in [2.75, 3.05) is 33.8 Å². The first-order chi connectivity index (χ1) is 14.4. The van der Waals surface area contributed by atoms with Crippen LogP contribution in [0.3, 0.4) is 0 Å². The molecular weight excluding hydrogens is 424 g/mol.